The van der Waals surface area contributed by atoms with E-state index in [1.165, 1.54) is 17.9 Å². The van der Waals surface area contributed by atoms with Crippen molar-refractivity contribution in [3.05, 3.63) is 29.3 Å². The van der Waals surface area contributed by atoms with Crippen LogP contribution in [0.15, 0.2) is 18.2 Å². The molecule has 1 N–H and O–H groups in total. The number of rotatable bonds is 2. The van der Waals surface area contributed by atoms with Gasteiger partial charge in [-0.1, -0.05) is 0 Å². The van der Waals surface area contributed by atoms with Crippen molar-refractivity contribution in [1.82, 2.24) is 9.80 Å². The number of piperazine rings is 1. The molecule has 0 bridgehead atoms. The molecule has 2 heterocycles. The number of carbonyl (C=O) groups excluding carboxylic acids is 1. The third-order valence-electron chi connectivity index (χ3n) is 5.44. The van der Waals surface area contributed by atoms with E-state index < -0.39 is 66.1 Å². The van der Waals surface area contributed by atoms with E-state index >= 15 is 0 Å². The number of nitrogens with zero attached hydrogens (tertiary/aromatic N) is 4. The molecule has 0 spiro atoms. The number of alkyl halides is 6. The van der Waals surface area contributed by atoms with Crippen LogP contribution in [0.4, 0.5) is 36.8 Å². The molecule has 1 aromatic rings. The third kappa shape index (κ3) is 4.92. The first-order chi connectivity index (χ1) is 15.2. The minimum absolute atomic E-state index is 0.0497. The zero-order chi connectivity index (χ0) is 24.7. The lowest BCUT2D eigenvalue weighted by Crippen LogP contribution is -2.57. The number of carbonyl (C=O) groups is 2. The van der Waals surface area contributed by atoms with Crippen molar-refractivity contribution in [2.24, 2.45) is 0 Å². The van der Waals surface area contributed by atoms with Gasteiger partial charge in [0.25, 0.3) is 5.91 Å². The summed E-state index contributed by atoms with van der Waals surface area (Å²) in [5, 5.41) is 18.0. The second-order valence-corrected chi connectivity index (χ2v) is 7.62. The topological polar surface area (TPSA) is 97.1 Å². The van der Waals surface area contributed by atoms with Gasteiger partial charge in [-0.2, -0.15) is 31.6 Å². The first-order valence-corrected chi connectivity index (χ1v) is 9.62. The number of benzene rings is 1. The first-order valence-electron chi connectivity index (χ1n) is 9.62. The van der Waals surface area contributed by atoms with Crippen molar-refractivity contribution in [2.45, 2.75) is 37.7 Å². The van der Waals surface area contributed by atoms with Gasteiger partial charge in [-0.15, -0.1) is 0 Å². The lowest BCUT2D eigenvalue weighted by Gasteiger charge is -2.38. The fourth-order valence-electron chi connectivity index (χ4n) is 3.87. The van der Waals surface area contributed by atoms with Crippen LogP contribution in [0.2, 0.25) is 0 Å². The van der Waals surface area contributed by atoms with Crippen LogP contribution in [-0.4, -0.2) is 77.6 Å². The normalized spacial score (nSPS) is 24.1. The van der Waals surface area contributed by atoms with Crippen LogP contribution >= 0.6 is 0 Å². The molecular weight excluding hydrogens is 462 g/mol. The number of hydrogen-bond donors (Lipinski definition) is 1. The summed E-state index contributed by atoms with van der Waals surface area (Å²) in [6.45, 7) is 0.660. The van der Waals surface area contributed by atoms with Crippen molar-refractivity contribution in [2.75, 3.05) is 31.1 Å². The molecule has 0 aromatic heterocycles. The summed E-state index contributed by atoms with van der Waals surface area (Å²) in [5.41, 5.74) is -2.67. The van der Waals surface area contributed by atoms with Gasteiger partial charge in [-0.05, 0) is 25.1 Å². The molecule has 2 amide bonds. The Morgan fingerprint density at radius 2 is 1.82 bits per heavy atom. The zero-order valence-corrected chi connectivity index (χ0v) is 17.0. The molecule has 3 atom stereocenters. The summed E-state index contributed by atoms with van der Waals surface area (Å²) in [6.07, 6.45) is -15.5. The summed E-state index contributed by atoms with van der Waals surface area (Å²) in [6, 6.07) is 2.84. The largest absolute Gasteiger partial charge is 0.465 e. The molecule has 0 radical (unpaired) electrons. The molecule has 33 heavy (non-hydrogen) atoms. The average molecular weight is 480 g/mol. The van der Waals surface area contributed by atoms with Crippen LogP contribution in [0.1, 0.15) is 18.1 Å². The van der Waals surface area contributed by atoms with Crippen molar-refractivity contribution in [3.8, 4) is 6.07 Å². The predicted octanol–water partition coefficient (Wildman–Crippen LogP) is 2.88. The van der Waals surface area contributed by atoms with Gasteiger partial charge >= 0.3 is 18.4 Å². The number of ether oxygens (including phenoxy) is 1. The standard InChI is InChI=1S/C19H18F6N4O4/c1-10-8-27(4-5-28(10)17(31)32)15(30)14-9-29(16(33-14)19(23,24)25)12-3-2-11(7-26)13(6-12)18(20,21)22/h2-3,6,10,14,16H,4-5,8-9H2,1H3,(H,31,32). The summed E-state index contributed by atoms with van der Waals surface area (Å²) >= 11 is 0. The second-order valence-electron chi connectivity index (χ2n) is 7.62. The summed E-state index contributed by atoms with van der Waals surface area (Å²) in [4.78, 5) is 26.7. The van der Waals surface area contributed by atoms with Gasteiger partial charge < -0.3 is 24.5 Å². The van der Waals surface area contributed by atoms with E-state index in [2.05, 4.69) is 0 Å². The maximum absolute atomic E-state index is 13.6. The van der Waals surface area contributed by atoms with E-state index in [-0.39, 0.29) is 19.6 Å². The monoisotopic (exact) mass is 480 g/mol. The Bertz CT molecular complexity index is 977. The van der Waals surface area contributed by atoms with Crippen molar-refractivity contribution in [1.29, 1.82) is 5.26 Å². The zero-order valence-electron chi connectivity index (χ0n) is 17.0. The fourth-order valence-corrected chi connectivity index (χ4v) is 3.87. The van der Waals surface area contributed by atoms with Crippen molar-refractivity contribution >= 4 is 17.7 Å². The molecule has 180 valence electrons. The lowest BCUT2D eigenvalue weighted by molar-refractivity contribution is -0.215. The SMILES string of the molecule is CC1CN(C(=O)C2CN(c3ccc(C#N)c(C(F)(F)F)c3)C(C(F)(F)F)O2)CCN1C(=O)O. The van der Waals surface area contributed by atoms with Crippen LogP contribution in [0.5, 0.6) is 0 Å². The Balaban J connectivity index is 1.87. The molecule has 3 rings (SSSR count). The lowest BCUT2D eigenvalue weighted by atomic mass is 10.1. The Hall–Kier alpha value is -3.21. The summed E-state index contributed by atoms with van der Waals surface area (Å²) in [7, 11) is 0. The molecule has 2 aliphatic heterocycles. The molecule has 0 saturated carbocycles. The van der Waals surface area contributed by atoms with Gasteiger partial charge in [-0.25, -0.2) is 4.79 Å². The Labute approximate surface area is 183 Å². The van der Waals surface area contributed by atoms with Gasteiger partial charge in [0.05, 0.1) is 23.7 Å². The number of carboxylic acid groups (broad SMARTS) is 1. The quantitative estimate of drug-likeness (QED) is 0.654. The summed E-state index contributed by atoms with van der Waals surface area (Å²) < 4.78 is 85.6. The van der Waals surface area contributed by atoms with Crippen molar-refractivity contribution in [3.63, 3.8) is 0 Å². The minimum atomic E-state index is -5.03. The highest BCUT2D eigenvalue weighted by Crippen LogP contribution is 2.39. The Morgan fingerprint density at radius 1 is 1.15 bits per heavy atom. The highest BCUT2D eigenvalue weighted by atomic mass is 19.4. The van der Waals surface area contributed by atoms with Gasteiger partial charge in [0.1, 0.15) is 0 Å². The predicted molar refractivity (Wildman–Crippen MR) is 99.0 cm³/mol. The summed E-state index contributed by atoms with van der Waals surface area (Å²) in [5.74, 6) is -0.826. The fraction of sp³-hybridized carbons (Fsp3) is 0.526. The van der Waals surface area contributed by atoms with Crippen molar-refractivity contribution < 1.29 is 45.8 Å². The third-order valence-corrected chi connectivity index (χ3v) is 5.44. The van der Waals surface area contributed by atoms with Crippen LogP contribution in [0.3, 0.4) is 0 Å². The molecule has 8 nitrogen and oxygen atoms in total. The maximum atomic E-state index is 13.6. The highest BCUT2D eigenvalue weighted by Gasteiger charge is 2.53. The molecule has 1 aromatic carbocycles. The number of anilines is 1. The first kappa shape index (κ1) is 24.4. The van der Waals surface area contributed by atoms with Crippen LogP contribution in [0, 0.1) is 11.3 Å². The molecule has 2 aliphatic rings. The van der Waals surface area contributed by atoms with E-state index in [0.29, 0.717) is 11.0 Å². The number of halogens is 6. The van der Waals surface area contributed by atoms with E-state index in [4.69, 9.17) is 15.1 Å². The smallest absolute Gasteiger partial charge is 0.433 e. The van der Waals surface area contributed by atoms with E-state index in [1.54, 1.807) is 0 Å². The molecule has 2 fully saturated rings. The molecular formula is C19H18F6N4O4. The second kappa shape index (κ2) is 8.62. The molecule has 2 saturated heterocycles. The minimum Gasteiger partial charge on any atom is -0.465 e. The van der Waals surface area contributed by atoms with E-state index in [9.17, 15) is 35.9 Å². The Kier molecular flexibility index (Phi) is 6.38. The Morgan fingerprint density at radius 3 is 2.33 bits per heavy atom. The molecule has 14 heteroatoms. The van der Waals surface area contributed by atoms with E-state index in [1.807, 2.05) is 0 Å². The molecule has 0 aliphatic carbocycles. The number of amides is 2. The maximum Gasteiger partial charge on any atom is 0.433 e. The van der Waals surface area contributed by atoms with Crippen LogP contribution in [0.25, 0.3) is 0 Å². The van der Waals surface area contributed by atoms with Gasteiger partial charge in [0.2, 0.25) is 6.23 Å². The number of hydrogen-bond acceptors (Lipinski definition) is 5. The van der Waals surface area contributed by atoms with Crippen LogP contribution in [-0.2, 0) is 15.7 Å². The highest BCUT2D eigenvalue weighted by molar-refractivity contribution is 5.83. The number of nitriles is 1. The van der Waals surface area contributed by atoms with Gasteiger partial charge in [0, 0.05) is 31.4 Å². The van der Waals surface area contributed by atoms with Gasteiger partial charge in [0.15, 0.2) is 6.10 Å². The molecule has 3 unspecified atom stereocenters. The van der Waals surface area contributed by atoms with Crippen LogP contribution < -0.4 is 4.90 Å². The average Bonchev–Trinajstić information content (AvgIpc) is 3.17. The van der Waals surface area contributed by atoms with Gasteiger partial charge in [-0.3, -0.25) is 4.79 Å². The van der Waals surface area contributed by atoms with E-state index in [0.717, 1.165) is 17.0 Å².